The number of nitrogens with one attached hydrogen (secondary N) is 1. The standard InChI is InChI=1S/C13H18N4S/c1-9-5-3-4-7-17(9)11-10-6-8-18-12(10)16-13(14-2)15-11/h6,8-9H,3-5,7H2,1-2H3,(H,14,15,16). The summed E-state index contributed by atoms with van der Waals surface area (Å²) in [6.45, 7) is 3.39. The van der Waals surface area contributed by atoms with E-state index in [-0.39, 0.29) is 0 Å². The molecule has 18 heavy (non-hydrogen) atoms. The van der Waals surface area contributed by atoms with Crippen molar-refractivity contribution in [1.29, 1.82) is 0 Å². The molecule has 1 fully saturated rings. The first kappa shape index (κ1) is 11.7. The van der Waals surface area contributed by atoms with E-state index in [9.17, 15) is 0 Å². The molecule has 2 aromatic heterocycles. The maximum Gasteiger partial charge on any atom is 0.225 e. The Morgan fingerprint density at radius 2 is 2.28 bits per heavy atom. The van der Waals surface area contributed by atoms with Crippen molar-refractivity contribution < 1.29 is 0 Å². The first-order valence-corrected chi connectivity index (χ1v) is 7.37. The number of rotatable bonds is 2. The lowest BCUT2D eigenvalue weighted by Gasteiger charge is -2.34. The summed E-state index contributed by atoms with van der Waals surface area (Å²) < 4.78 is 0. The van der Waals surface area contributed by atoms with E-state index in [4.69, 9.17) is 0 Å². The van der Waals surface area contributed by atoms with Gasteiger partial charge in [-0.25, -0.2) is 4.98 Å². The molecule has 2 aromatic rings. The van der Waals surface area contributed by atoms with Crippen LogP contribution in [-0.2, 0) is 0 Å². The van der Waals surface area contributed by atoms with Gasteiger partial charge in [-0.05, 0) is 37.6 Å². The predicted octanol–water partition coefficient (Wildman–Crippen LogP) is 3.11. The quantitative estimate of drug-likeness (QED) is 0.903. The van der Waals surface area contributed by atoms with Crippen LogP contribution in [0, 0.1) is 0 Å². The summed E-state index contributed by atoms with van der Waals surface area (Å²) >= 11 is 1.68. The number of nitrogens with zero attached hydrogens (tertiary/aromatic N) is 3. The van der Waals surface area contributed by atoms with E-state index in [1.54, 1.807) is 11.3 Å². The van der Waals surface area contributed by atoms with Crippen LogP contribution >= 0.6 is 11.3 Å². The van der Waals surface area contributed by atoms with Gasteiger partial charge in [-0.15, -0.1) is 11.3 Å². The smallest absolute Gasteiger partial charge is 0.225 e. The third-order valence-corrected chi connectivity index (χ3v) is 4.41. The van der Waals surface area contributed by atoms with Gasteiger partial charge >= 0.3 is 0 Å². The molecule has 0 spiro atoms. The Morgan fingerprint density at radius 3 is 3.06 bits per heavy atom. The summed E-state index contributed by atoms with van der Waals surface area (Å²) in [6.07, 6.45) is 3.84. The summed E-state index contributed by atoms with van der Waals surface area (Å²) in [5.74, 6) is 1.82. The van der Waals surface area contributed by atoms with Crippen molar-refractivity contribution in [2.24, 2.45) is 0 Å². The second-order valence-electron chi connectivity index (χ2n) is 4.80. The predicted molar refractivity (Wildman–Crippen MR) is 77.6 cm³/mol. The van der Waals surface area contributed by atoms with Crippen LogP contribution in [0.2, 0.25) is 0 Å². The molecular formula is C13H18N4S. The Balaban J connectivity index is 2.10. The average molecular weight is 262 g/mol. The van der Waals surface area contributed by atoms with Crippen LogP contribution in [0.5, 0.6) is 0 Å². The van der Waals surface area contributed by atoms with Crippen molar-refractivity contribution in [3.8, 4) is 0 Å². The maximum absolute atomic E-state index is 4.68. The second kappa shape index (κ2) is 4.72. The first-order valence-electron chi connectivity index (χ1n) is 6.49. The van der Waals surface area contributed by atoms with Crippen molar-refractivity contribution in [2.45, 2.75) is 32.2 Å². The molecule has 3 heterocycles. The third-order valence-electron chi connectivity index (χ3n) is 3.60. The molecule has 5 heteroatoms. The summed E-state index contributed by atoms with van der Waals surface area (Å²) in [5, 5.41) is 6.34. The summed E-state index contributed by atoms with van der Waals surface area (Å²) in [4.78, 5) is 12.7. The van der Waals surface area contributed by atoms with Crippen molar-refractivity contribution in [1.82, 2.24) is 9.97 Å². The summed E-state index contributed by atoms with van der Waals surface area (Å²) in [5.41, 5.74) is 0. The van der Waals surface area contributed by atoms with Crippen LogP contribution in [0.15, 0.2) is 11.4 Å². The van der Waals surface area contributed by atoms with Crippen LogP contribution in [0.3, 0.4) is 0 Å². The summed E-state index contributed by atoms with van der Waals surface area (Å²) in [7, 11) is 1.87. The zero-order chi connectivity index (χ0) is 12.5. The molecule has 1 atom stereocenters. The van der Waals surface area contributed by atoms with Crippen LogP contribution in [0.25, 0.3) is 10.2 Å². The highest BCUT2D eigenvalue weighted by molar-refractivity contribution is 7.16. The molecule has 1 unspecified atom stereocenters. The minimum Gasteiger partial charge on any atom is -0.357 e. The molecule has 4 nitrogen and oxygen atoms in total. The molecule has 0 bridgehead atoms. The maximum atomic E-state index is 4.68. The van der Waals surface area contributed by atoms with E-state index in [0.29, 0.717) is 6.04 Å². The van der Waals surface area contributed by atoms with Crippen molar-refractivity contribution in [3.63, 3.8) is 0 Å². The van der Waals surface area contributed by atoms with Crippen LogP contribution in [0.1, 0.15) is 26.2 Å². The van der Waals surface area contributed by atoms with Crippen molar-refractivity contribution in [3.05, 3.63) is 11.4 Å². The highest BCUT2D eigenvalue weighted by atomic mass is 32.1. The lowest BCUT2D eigenvalue weighted by Crippen LogP contribution is -2.38. The van der Waals surface area contributed by atoms with Gasteiger partial charge in [-0.1, -0.05) is 0 Å². The lowest BCUT2D eigenvalue weighted by molar-refractivity contribution is 0.482. The van der Waals surface area contributed by atoms with Crippen molar-refractivity contribution in [2.75, 3.05) is 23.8 Å². The van der Waals surface area contributed by atoms with Gasteiger partial charge in [0, 0.05) is 19.6 Å². The third kappa shape index (κ3) is 1.92. The highest BCUT2D eigenvalue weighted by Gasteiger charge is 2.22. The highest BCUT2D eigenvalue weighted by Crippen LogP contribution is 2.32. The Kier molecular flexibility index (Phi) is 3.07. The molecule has 1 aliphatic rings. The van der Waals surface area contributed by atoms with E-state index in [2.05, 4.69) is 38.6 Å². The van der Waals surface area contributed by atoms with Gasteiger partial charge in [0.05, 0.1) is 5.39 Å². The number of hydrogen-bond acceptors (Lipinski definition) is 5. The molecule has 1 saturated heterocycles. The number of aromatic nitrogens is 2. The van der Waals surface area contributed by atoms with Crippen molar-refractivity contribution >= 4 is 33.3 Å². The molecule has 0 amide bonds. The fourth-order valence-corrected chi connectivity index (χ4v) is 3.34. The van der Waals surface area contributed by atoms with Crippen LogP contribution < -0.4 is 10.2 Å². The Bertz CT molecular complexity index is 551. The monoisotopic (exact) mass is 262 g/mol. The Morgan fingerprint density at radius 1 is 1.39 bits per heavy atom. The largest absolute Gasteiger partial charge is 0.357 e. The van der Waals surface area contributed by atoms with Gasteiger partial charge in [0.15, 0.2) is 0 Å². The van der Waals surface area contributed by atoms with Gasteiger partial charge in [0.25, 0.3) is 0 Å². The average Bonchev–Trinajstić information content (AvgIpc) is 2.86. The van der Waals surface area contributed by atoms with Gasteiger partial charge in [-0.2, -0.15) is 4.98 Å². The molecule has 0 aliphatic carbocycles. The Labute approximate surface area is 111 Å². The fraction of sp³-hybridized carbons (Fsp3) is 0.538. The molecule has 96 valence electrons. The van der Waals surface area contributed by atoms with Gasteiger partial charge in [0.2, 0.25) is 5.95 Å². The Hall–Kier alpha value is -1.36. The lowest BCUT2D eigenvalue weighted by atomic mass is 10.0. The molecular weight excluding hydrogens is 244 g/mol. The number of anilines is 2. The minimum atomic E-state index is 0.571. The molecule has 0 saturated carbocycles. The second-order valence-corrected chi connectivity index (χ2v) is 5.69. The number of hydrogen-bond donors (Lipinski definition) is 1. The zero-order valence-corrected chi connectivity index (χ0v) is 11.6. The number of thiophene rings is 1. The minimum absolute atomic E-state index is 0.571. The van der Waals surface area contributed by atoms with Gasteiger partial charge in [-0.3, -0.25) is 0 Å². The van der Waals surface area contributed by atoms with E-state index < -0.39 is 0 Å². The topological polar surface area (TPSA) is 41.1 Å². The van der Waals surface area contributed by atoms with E-state index >= 15 is 0 Å². The van der Waals surface area contributed by atoms with E-state index in [0.717, 1.165) is 23.1 Å². The normalized spacial score (nSPS) is 20.3. The fourth-order valence-electron chi connectivity index (χ4n) is 2.58. The molecule has 3 rings (SSSR count). The first-order chi connectivity index (χ1) is 8.79. The van der Waals surface area contributed by atoms with Crippen LogP contribution in [-0.4, -0.2) is 29.6 Å². The van der Waals surface area contributed by atoms with Gasteiger partial charge in [0.1, 0.15) is 10.6 Å². The van der Waals surface area contributed by atoms with E-state index in [1.807, 2.05) is 7.05 Å². The SMILES string of the molecule is CNc1nc(N2CCCCC2C)c2ccsc2n1. The van der Waals surface area contributed by atoms with Crippen LogP contribution in [0.4, 0.5) is 11.8 Å². The number of fused-ring (bicyclic) bond motifs is 1. The summed E-state index contributed by atoms with van der Waals surface area (Å²) in [6, 6.07) is 2.71. The zero-order valence-electron chi connectivity index (χ0n) is 10.8. The van der Waals surface area contributed by atoms with E-state index in [1.165, 1.54) is 24.6 Å². The molecule has 0 aromatic carbocycles. The van der Waals surface area contributed by atoms with Gasteiger partial charge < -0.3 is 10.2 Å². The molecule has 1 aliphatic heterocycles. The molecule has 1 N–H and O–H groups in total. The number of piperidine rings is 1. The molecule has 0 radical (unpaired) electrons.